The summed E-state index contributed by atoms with van der Waals surface area (Å²) < 4.78 is 0. The lowest BCUT2D eigenvalue weighted by Crippen LogP contribution is -2.42. The minimum Gasteiger partial charge on any atom is -0.394 e. The highest BCUT2D eigenvalue weighted by atomic mass is 32.2. The number of thioether (sulfide) groups is 1. The molecule has 2 N–H and O–H groups in total. The molecule has 1 aliphatic carbocycles. The van der Waals surface area contributed by atoms with Crippen LogP contribution < -0.4 is 0 Å². The lowest BCUT2D eigenvalue weighted by Gasteiger charge is -2.33. The maximum Gasteiger partial charge on any atom is 0.232 e. The maximum absolute atomic E-state index is 12.1. The van der Waals surface area contributed by atoms with Gasteiger partial charge in [0, 0.05) is 18.3 Å². The minimum absolute atomic E-state index is 0.166. The molecule has 18 heavy (non-hydrogen) atoms. The highest BCUT2D eigenvalue weighted by Crippen LogP contribution is 2.23. The number of carbonyl (C=O) groups is 1. The minimum atomic E-state index is -0.715. The van der Waals surface area contributed by atoms with Crippen LogP contribution in [0.15, 0.2) is 0 Å². The molecule has 0 spiro atoms. The summed E-state index contributed by atoms with van der Waals surface area (Å²) in [5.41, 5.74) is 0. The molecular weight excluding hydrogens is 250 g/mol. The van der Waals surface area contributed by atoms with Crippen LogP contribution in [-0.4, -0.2) is 57.8 Å². The zero-order valence-electron chi connectivity index (χ0n) is 11.2. The van der Waals surface area contributed by atoms with Crippen LogP contribution in [0.5, 0.6) is 0 Å². The number of aliphatic hydroxyl groups is 2. The van der Waals surface area contributed by atoms with Crippen molar-refractivity contribution in [2.24, 2.45) is 0 Å². The standard InChI is InChI=1S/C13H25NO3S/c1-2-14(11-6-4-3-5-7-11)13(17)10-18-9-12(16)8-15/h11-12,15-16H,2-10H2,1H3. The van der Waals surface area contributed by atoms with E-state index in [1.807, 2.05) is 11.8 Å². The molecule has 0 aliphatic heterocycles. The second-order valence-electron chi connectivity index (χ2n) is 4.82. The quantitative estimate of drug-likeness (QED) is 0.734. The fraction of sp³-hybridized carbons (Fsp3) is 0.923. The van der Waals surface area contributed by atoms with Crippen LogP contribution in [0.2, 0.25) is 0 Å². The predicted octanol–water partition coefficient (Wildman–Crippen LogP) is 1.25. The average Bonchev–Trinajstić information content (AvgIpc) is 2.40. The Bertz CT molecular complexity index is 244. The van der Waals surface area contributed by atoms with Gasteiger partial charge in [0.1, 0.15) is 0 Å². The third kappa shape index (κ3) is 5.16. The summed E-state index contributed by atoms with van der Waals surface area (Å²) in [6, 6.07) is 0.416. The molecule has 1 rings (SSSR count). The SMILES string of the molecule is CCN(C(=O)CSCC(O)CO)C1CCCCC1. The molecule has 0 aromatic rings. The summed E-state index contributed by atoms with van der Waals surface area (Å²) in [4.78, 5) is 14.1. The molecule has 4 nitrogen and oxygen atoms in total. The van der Waals surface area contributed by atoms with E-state index < -0.39 is 6.10 Å². The van der Waals surface area contributed by atoms with Crippen molar-refractivity contribution in [2.45, 2.75) is 51.2 Å². The molecule has 0 heterocycles. The van der Waals surface area contributed by atoms with Gasteiger partial charge in [0.15, 0.2) is 0 Å². The van der Waals surface area contributed by atoms with Gasteiger partial charge in [0.2, 0.25) is 5.91 Å². The van der Waals surface area contributed by atoms with Crippen LogP contribution in [0.25, 0.3) is 0 Å². The molecule has 106 valence electrons. The Morgan fingerprint density at radius 1 is 1.39 bits per heavy atom. The Hall–Kier alpha value is -0.260. The lowest BCUT2D eigenvalue weighted by atomic mass is 9.94. The molecule has 1 saturated carbocycles. The molecule has 0 aromatic carbocycles. The van der Waals surface area contributed by atoms with Gasteiger partial charge >= 0.3 is 0 Å². The maximum atomic E-state index is 12.1. The summed E-state index contributed by atoms with van der Waals surface area (Å²) in [6.07, 6.45) is 5.29. The molecule has 1 atom stereocenters. The van der Waals surface area contributed by atoms with Crippen molar-refractivity contribution in [3.05, 3.63) is 0 Å². The van der Waals surface area contributed by atoms with Crippen molar-refractivity contribution < 1.29 is 15.0 Å². The third-order valence-corrected chi connectivity index (χ3v) is 4.49. The molecule has 0 radical (unpaired) electrons. The molecule has 1 aliphatic rings. The Balaban J connectivity index is 2.32. The van der Waals surface area contributed by atoms with Gasteiger partial charge in [-0.15, -0.1) is 11.8 Å². The Kier molecular flexibility index (Phi) is 7.70. The first-order chi connectivity index (χ1) is 8.69. The highest BCUT2D eigenvalue weighted by molar-refractivity contribution is 7.99. The first-order valence-corrected chi connectivity index (χ1v) is 8.00. The first kappa shape index (κ1) is 15.8. The number of amides is 1. The van der Waals surface area contributed by atoms with E-state index in [-0.39, 0.29) is 12.5 Å². The van der Waals surface area contributed by atoms with Crippen molar-refractivity contribution in [1.82, 2.24) is 4.90 Å². The summed E-state index contributed by atoms with van der Waals surface area (Å²) >= 11 is 1.40. The summed E-state index contributed by atoms with van der Waals surface area (Å²) in [7, 11) is 0. The number of aliphatic hydroxyl groups excluding tert-OH is 2. The summed E-state index contributed by atoms with van der Waals surface area (Å²) in [5, 5.41) is 17.9. The second-order valence-corrected chi connectivity index (χ2v) is 5.85. The van der Waals surface area contributed by atoms with Crippen LogP contribution in [0.1, 0.15) is 39.0 Å². The Labute approximate surface area is 114 Å². The smallest absolute Gasteiger partial charge is 0.232 e. The van der Waals surface area contributed by atoms with Gasteiger partial charge in [-0.25, -0.2) is 0 Å². The van der Waals surface area contributed by atoms with Gasteiger partial charge in [-0.2, -0.15) is 0 Å². The fourth-order valence-electron chi connectivity index (χ4n) is 2.45. The van der Waals surface area contributed by atoms with E-state index in [1.54, 1.807) is 0 Å². The topological polar surface area (TPSA) is 60.8 Å². The second kappa shape index (κ2) is 8.77. The Morgan fingerprint density at radius 2 is 2.06 bits per heavy atom. The van der Waals surface area contributed by atoms with Gasteiger partial charge in [-0.05, 0) is 19.8 Å². The summed E-state index contributed by atoms with van der Waals surface area (Å²) in [6.45, 7) is 2.56. The van der Waals surface area contributed by atoms with E-state index in [0.717, 1.165) is 19.4 Å². The molecule has 5 heteroatoms. The monoisotopic (exact) mass is 275 g/mol. The zero-order valence-corrected chi connectivity index (χ0v) is 12.0. The average molecular weight is 275 g/mol. The molecular formula is C13H25NO3S. The number of carbonyl (C=O) groups excluding carboxylic acids is 1. The van der Waals surface area contributed by atoms with E-state index in [9.17, 15) is 9.90 Å². The number of hydrogen-bond donors (Lipinski definition) is 2. The molecule has 0 aromatic heterocycles. The predicted molar refractivity (Wildman–Crippen MR) is 74.7 cm³/mol. The van der Waals surface area contributed by atoms with Crippen LogP contribution in [0, 0.1) is 0 Å². The molecule has 1 fully saturated rings. The van der Waals surface area contributed by atoms with Gasteiger partial charge < -0.3 is 15.1 Å². The van der Waals surface area contributed by atoms with Crippen molar-refractivity contribution in [3.8, 4) is 0 Å². The van der Waals surface area contributed by atoms with Gasteiger partial charge in [-0.1, -0.05) is 19.3 Å². The molecule has 1 amide bonds. The number of nitrogens with zero attached hydrogens (tertiary/aromatic N) is 1. The van der Waals surface area contributed by atoms with Gasteiger partial charge in [-0.3, -0.25) is 4.79 Å². The van der Waals surface area contributed by atoms with Crippen molar-refractivity contribution in [1.29, 1.82) is 0 Å². The Morgan fingerprint density at radius 3 is 2.61 bits per heavy atom. The van der Waals surface area contributed by atoms with E-state index in [2.05, 4.69) is 0 Å². The number of hydrogen-bond acceptors (Lipinski definition) is 4. The van der Waals surface area contributed by atoms with Crippen LogP contribution in [-0.2, 0) is 4.79 Å². The van der Waals surface area contributed by atoms with Crippen molar-refractivity contribution in [3.63, 3.8) is 0 Å². The van der Waals surface area contributed by atoms with Gasteiger partial charge in [0.05, 0.1) is 18.5 Å². The normalized spacial score (nSPS) is 18.6. The van der Waals surface area contributed by atoms with Gasteiger partial charge in [0.25, 0.3) is 0 Å². The first-order valence-electron chi connectivity index (χ1n) is 6.85. The fourth-order valence-corrected chi connectivity index (χ4v) is 3.28. The van der Waals surface area contributed by atoms with Crippen LogP contribution in [0.4, 0.5) is 0 Å². The zero-order chi connectivity index (χ0) is 13.4. The van der Waals surface area contributed by atoms with E-state index in [1.165, 1.54) is 31.0 Å². The molecule has 0 saturated heterocycles. The largest absolute Gasteiger partial charge is 0.394 e. The number of rotatable bonds is 7. The van der Waals surface area contributed by atoms with E-state index >= 15 is 0 Å². The lowest BCUT2D eigenvalue weighted by molar-refractivity contribution is -0.131. The van der Waals surface area contributed by atoms with Crippen molar-refractivity contribution >= 4 is 17.7 Å². The van der Waals surface area contributed by atoms with Crippen molar-refractivity contribution in [2.75, 3.05) is 24.7 Å². The molecule has 1 unspecified atom stereocenters. The van der Waals surface area contributed by atoms with Crippen LogP contribution >= 0.6 is 11.8 Å². The summed E-state index contributed by atoms with van der Waals surface area (Å²) in [5.74, 6) is 0.991. The highest BCUT2D eigenvalue weighted by Gasteiger charge is 2.23. The van der Waals surface area contributed by atoms with Crippen LogP contribution in [0.3, 0.4) is 0 Å². The van der Waals surface area contributed by atoms with E-state index in [0.29, 0.717) is 17.5 Å². The third-order valence-electron chi connectivity index (χ3n) is 3.42. The van der Waals surface area contributed by atoms with E-state index in [4.69, 9.17) is 5.11 Å². The molecule has 0 bridgehead atoms.